The molecule has 9 nitrogen and oxygen atoms in total. The second-order valence-corrected chi connectivity index (χ2v) is 7.81. The number of piperazine rings is 1. The van der Waals surface area contributed by atoms with E-state index in [2.05, 4.69) is 46.8 Å². The molecule has 0 aliphatic carbocycles. The molecule has 1 atom stereocenters. The normalized spacial score (nSPS) is 16.6. The van der Waals surface area contributed by atoms with Crippen LogP contribution in [0.1, 0.15) is 0 Å². The number of fused-ring (bicyclic) bond motifs is 1. The number of aromatic amines is 1. The number of nitrogens with one attached hydrogen (secondary N) is 3. The highest BCUT2D eigenvalue weighted by Gasteiger charge is 2.19. The van der Waals surface area contributed by atoms with Gasteiger partial charge in [0.25, 0.3) is 0 Å². The van der Waals surface area contributed by atoms with Crippen LogP contribution in [0.15, 0.2) is 35.7 Å². The fourth-order valence-electron chi connectivity index (χ4n) is 3.16. The van der Waals surface area contributed by atoms with E-state index in [4.69, 9.17) is 0 Å². The van der Waals surface area contributed by atoms with E-state index in [1.54, 1.807) is 13.4 Å². The molecule has 3 aromatic rings. The first-order chi connectivity index (χ1) is 13.2. The molecule has 1 saturated heterocycles. The molecular formula is C17H22N8OS. The Morgan fingerprint density at radius 3 is 2.74 bits per heavy atom. The van der Waals surface area contributed by atoms with E-state index in [0.717, 1.165) is 43.1 Å². The van der Waals surface area contributed by atoms with Crippen molar-refractivity contribution in [3.8, 4) is 0 Å². The summed E-state index contributed by atoms with van der Waals surface area (Å²) in [7, 11) is 2.54. The maximum absolute atomic E-state index is 12.2. The van der Waals surface area contributed by atoms with Crippen LogP contribution in [0.4, 0.5) is 17.2 Å². The van der Waals surface area contributed by atoms with Crippen LogP contribution in [-0.4, -0.2) is 69.3 Å². The summed E-state index contributed by atoms with van der Waals surface area (Å²) in [6, 6.07) is 5.82. The number of hydrogen-bond donors (Lipinski definition) is 3. The van der Waals surface area contributed by atoms with Crippen LogP contribution in [0.2, 0.25) is 0 Å². The molecule has 2 aromatic heterocycles. The Kier molecular flexibility index (Phi) is 5.01. The van der Waals surface area contributed by atoms with Crippen LogP contribution in [0.25, 0.3) is 11.2 Å². The lowest BCUT2D eigenvalue weighted by molar-refractivity contribution is 0.313. The number of H-pyrrole nitrogens is 1. The molecule has 4 rings (SSSR count). The zero-order valence-electron chi connectivity index (χ0n) is 15.3. The number of imidazole rings is 1. The van der Waals surface area contributed by atoms with Crippen LogP contribution >= 0.6 is 0 Å². The van der Waals surface area contributed by atoms with Crippen LogP contribution in [0.3, 0.4) is 0 Å². The Balaban J connectivity index is 1.73. The van der Waals surface area contributed by atoms with Gasteiger partial charge in [0, 0.05) is 26.2 Å². The first-order valence-corrected chi connectivity index (χ1v) is 9.88. The zero-order valence-corrected chi connectivity index (χ0v) is 16.1. The van der Waals surface area contributed by atoms with Gasteiger partial charge in [-0.1, -0.05) is 0 Å². The van der Waals surface area contributed by atoms with Gasteiger partial charge in [-0.3, -0.25) is 0 Å². The highest BCUT2D eigenvalue weighted by atomic mass is 32.2. The SMILES string of the molecule is CNS(=O)c1ccc(N2CCN(C)CC2)c(Nc2ncnc3nc[nH]c23)c1. The van der Waals surface area contributed by atoms with E-state index in [-0.39, 0.29) is 0 Å². The Bertz CT molecular complexity index is 966. The third-order valence-corrected chi connectivity index (χ3v) is 5.74. The van der Waals surface area contributed by atoms with Crippen LogP contribution in [-0.2, 0) is 11.0 Å². The van der Waals surface area contributed by atoms with Crippen molar-refractivity contribution < 1.29 is 4.21 Å². The van der Waals surface area contributed by atoms with Crippen molar-refractivity contribution in [3.05, 3.63) is 30.9 Å². The fourth-order valence-corrected chi connectivity index (χ4v) is 3.81. The lowest BCUT2D eigenvalue weighted by Crippen LogP contribution is -2.44. The topological polar surface area (TPSA) is 102 Å². The van der Waals surface area contributed by atoms with Gasteiger partial charge in [-0.15, -0.1) is 0 Å². The zero-order chi connectivity index (χ0) is 18.8. The van der Waals surface area contributed by atoms with Gasteiger partial charge >= 0.3 is 0 Å². The summed E-state index contributed by atoms with van der Waals surface area (Å²) in [6.07, 6.45) is 3.08. The van der Waals surface area contributed by atoms with Crippen molar-refractivity contribution >= 4 is 39.3 Å². The number of likely N-dealkylation sites (N-methyl/N-ethyl adjacent to an activating group) is 1. The molecular weight excluding hydrogens is 364 g/mol. The Morgan fingerprint density at radius 1 is 1.15 bits per heavy atom. The molecule has 1 unspecified atom stereocenters. The minimum absolute atomic E-state index is 0.601. The molecule has 0 amide bonds. The predicted molar refractivity (Wildman–Crippen MR) is 107 cm³/mol. The average molecular weight is 386 g/mol. The summed E-state index contributed by atoms with van der Waals surface area (Å²) in [4.78, 5) is 21.1. The molecule has 3 N–H and O–H groups in total. The van der Waals surface area contributed by atoms with Crippen molar-refractivity contribution in [3.63, 3.8) is 0 Å². The van der Waals surface area contributed by atoms with Crippen LogP contribution < -0.4 is 14.9 Å². The highest BCUT2D eigenvalue weighted by molar-refractivity contribution is 7.83. The second kappa shape index (κ2) is 7.59. The predicted octanol–water partition coefficient (Wildman–Crippen LogP) is 1.09. The molecule has 0 bridgehead atoms. The maximum Gasteiger partial charge on any atom is 0.182 e. The van der Waals surface area contributed by atoms with Crippen LogP contribution in [0, 0.1) is 0 Å². The molecule has 0 radical (unpaired) electrons. The van der Waals surface area contributed by atoms with Crippen molar-refractivity contribution in [2.45, 2.75) is 4.90 Å². The summed E-state index contributed by atoms with van der Waals surface area (Å²) >= 11 is 0. The fraction of sp³-hybridized carbons (Fsp3) is 0.353. The van der Waals surface area contributed by atoms with E-state index >= 15 is 0 Å². The minimum Gasteiger partial charge on any atom is -0.367 e. The first kappa shape index (κ1) is 17.8. The van der Waals surface area contributed by atoms with Crippen molar-refractivity contribution in [1.29, 1.82) is 0 Å². The number of hydrogen-bond acceptors (Lipinski definition) is 7. The minimum atomic E-state index is -1.27. The van der Waals surface area contributed by atoms with Crippen molar-refractivity contribution in [2.24, 2.45) is 0 Å². The maximum atomic E-state index is 12.2. The lowest BCUT2D eigenvalue weighted by Gasteiger charge is -2.35. The number of anilines is 3. The smallest absolute Gasteiger partial charge is 0.182 e. The Morgan fingerprint density at radius 2 is 1.96 bits per heavy atom. The highest BCUT2D eigenvalue weighted by Crippen LogP contribution is 2.32. The molecule has 27 heavy (non-hydrogen) atoms. The van der Waals surface area contributed by atoms with Crippen molar-refractivity contribution in [2.75, 3.05) is 50.5 Å². The molecule has 3 heterocycles. The van der Waals surface area contributed by atoms with E-state index < -0.39 is 11.0 Å². The summed E-state index contributed by atoms with van der Waals surface area (Å²) in [5.41, 5.74) is 3.26. The molecule has 1 fully saturated rings. The van der Waals surface area contributed by atoms with Gasteiger partial charge in [0.15, 0.2) is 11.5 Å². The second-order valence-electron chi connectivity index (χ2n) is 6.39. The third kappa shape index (κ3) is 3.64. The van der Waals surface area contributed by atoms with Gasteiger partial charge in [0.2, 0.25) is 0 Å². The first-order valence-electron chi connectivity index (χ1n) is 8.73. The van der Waals surface area contributed by atoms with Gasteiger partial charge in [0.05, 0.1) is 22.6 Å². The molecule has 1 aromatic carbocycles. The number of aromatic nitrogens is 4. The van der Waals surface area contributed by atoms with E-state index in [9.17, 15) is 4.21 Å². The number of benzene rings is 1. The summed E-state index contributed by atoms with van der Waals surface area (Å²) in [5.74, 6) is 0.639. The average Bonchev–Trinajstić information content (AvgIpc) is 3.18. The molecule has 0 saturated carbocycles. The molecule has 10 heteroatoms. The Labute approximate surface area is 159 Å². The quantitative estimate of drug-likeness (QED) is 0.603. The summed E-state index contributed by atoms with van der Waals surface area (Å²) in [5, 5.41) is 3.39. The summed E-state index contributed by atoms with van der Waals surface area (Å²) < 4.78 is 15.0. The lowest BCUT2D eigenvalue weighted by atomic mass is 10.2. The van der Waals surface area contributed by atoms with E-state index in [1.807, 2.05) is 18.2 Å². The molecule has 0 spiro atoms. The monoisotopic (exact) mass is 386 g/mol. The van der Waals surface area contributed by atoms with E-state index in [0.29, 0.717) is 16.4 Å². The van der Waals surface area contributed by atoms with E-state index in [1.165, 1.54) is 6.33 Å². The van der Waals surface area contributed by atoms with Gasteiger partial charge in [-0.05, 0) is 32.3 Å². The molecule has 1 aliphatic rings. The molecule has 142 valence electrons. The van der Waals surface area contributed by atoms with Gasteiger partial charge in [-0.2, -0.15) is 0 Å². The van der Waals surface area contributed by atoms with Gasteiger partial charge < -0.3 is 20.1 Å². The third-order valence-electron chi connectivity index (χ3n) is 4.69. The van der Waals surface area contributed by atoms with Crippen molar-refractivity contribution in [1.82, 2.24) is 29.6 Å². The standard InChI is InChI=1S/C17H22N8OS/c1-18-27(26)12-3-4-14(25-7-5-24(2)6-8-25)13(9-12)23-17-15-16(20-10-19-15)21-11-22-17/h3-4,9-11,18H,5-8H2,1-2H3,(H2,19,20,21,22,23). The Hall–Kier alpha value is -2.56. The molecule has 1 aliphatic heterocycles. The van der Waals surface area contributed by atoms with Gasteiger partial charge in [-0.25, -0.2) is 23.9 Å². The van der Waals surface area contributed by atoms with Gasteiger partial charge in [0.1, 0.15) is 22.8 Å². The van der Waals surface area contributed by atoms with Crippen LogP contribution in [0.5, 0.6) is 0 Å². The summed E-state index contributed by atoms with van der Waals surface area (Å²) in [6.45, 7) is 3.87. The number of nitrogens with zero attached hydrogens (tertiary/aromatic N) is 5. The largest absolute Gasteiger partial charge is 0.367 e. The number of rotatable bonds is 5.